The molecule has 0 saturated heterocycles. The Balaban J connectivity index is 1.65. The van der Waals surface area contributed by atoms with Crippen LogP contribution in [0.4, 0.5) is 0 Å². The van der Waals surface area contributed by atoms with Crippen LogP contribution >= 0.6 is 0 Å². The Labute approximate surface area is 105 Å². The van der Waals surface area contributed by atoms with Crippen molar-refractivity contribution in [1.82, 2.24) is 0 Å². The SMILES string of the molecule is C[Si](C)(C)OC1CC(OCc2ccccc2)C1. The normalized spacial score (nSPS) is 24.4. The van der Waals surface area contributed by atoms with Gasteiger partial charge in [0.15, 0.2) is 8.32 Å². The van der Waals surface area contributed by atoms with E-state index in [9.17, 15) is 0 Å². The first-order valence-electron chi connectivity index (χ1n) is 6.36. The molecule has 0 aromatic heterocycles. The van der Waals surface area contributed by atoms with E-state index in [1.165, 1.54) is 5.56 Å². The lowest BCUT2D eigenvalue weighted by Gasteiger charge is -2.38. The van der Waals surface area contributed by atoms with E-state index in [1.807, 2.05) is 6.07 Å². The van der Waals surface area contributed by atoms with Gasteiger partial charge in [0.05, 0.1) is 12.7 Å². The molecule has 0 unspecified atom stereocenters. The molecule has 1 fully saturated rings. The summed E-state index contributed by atoms with van der Waals surface area (Å²) in [4.78, 5) is 0. The zero-order valence-corrected chi connectivity index (χ0v) is 12.0. The minimum atomic E-state index is -1.36. The van der Waals surface area contributed by atoms with E-state index in [-0.39, 0.29) is 0 Å². The van der Waals surface area contributed by atoms with Crippen LogP contribution in [0.25, 0.3) is 0 Å². The van der Waals surface area contributed by atoms with Crippen LogP contribution in [-0.2, 0) is 15.8 Å². The third kappa shape index (κ3) is 4.26. The topological polar surface area (TPSA) is 18.5 Å². The molecule has 17 heavy (non-hydrogen) atoms. The van der Waals surface area contributed by atoms with Crippen LogP contribution in [0.2, 0.25) is 19.6 Å². The highest BCUT2D eigenvalue weighted by atomic mass is 28.4. The van der Waals surface area contributed by atoms with Crippen molar-refractivity contribution in [3.05, 3.63) is 35.9 Å². The molecule has 3 heteroatoms. The van der Waals surface area contributed by atoms with Gasteiger partial charge in [0, 0.05) is 6.10 Å². The minimum absolute atomic E-state index is 0.400. The highest BCUT2D eigenvalue weighted by Gasteiger charge is 2.33. The molecule has 0 aliphatic heterocycles. The van der Waals surface area contributed by atoms with Crippen LogP contribution in [-0.4, -0.2) is 20.5 Å². The van der Waals surface area contributed by atoms with Crippen molar-refractivity contribution in [3.63, 3.8) is 0 Å². The average Bonchev–Trinajstić information content (AvgIpc) is 2.21. The summed E-state index contributed by atoms with van der Waals surface area (Å²) in [5.41, 5.74) is 1.25. The molecule has 0 N–H and O–H groups in total. The zero-order valence-electron chi connectivity index (χ0n) is 11.0. The molecule has 1 aliphatic rings. The van der Waals surface area contributed by atoms with Crippen LogP contribution in [0, 0.1) is 0 Å². The summed E-state index contributed by atoms with van der Waals surface area (Å²) in [7, 11) is -1.36. The predicted octanol–water partition coefficient (Wildman–Crippen LogP) is 3.59. The van der Waals surface area contributed by atoms with Gasteiger partial charge in [-0.25, -0.2) is 0 Å². The third-order valence-corrected chi connectivity index (χ3v) is 3.94. The molecule has 0 heterocycles. The molecular formula is C14H22O2Si. The number of hydrogen-bond acceptors (Lipinski definition) is 2. The van der Waals surface area contributed by atoms with E-state index in [0.29, 0.717) is 12.2 Å². The standard InChI is InChI=1S/C14H22O2Si/c1-17(2,3)16-14-9-13(10-14)15-11-12-7-5-4-6-8-12/h4-8,13-14H,9-11H2,1-3H3. The summed E-state index contributed by atoms with van der Waals surface area (Å²) < 4.78 is 11.9. The Morgan fingerprint density at radius 2 is 1.71 bits per heavy atom. The van der Waals surface area contributed by atoms with Crippen LogP contribution in [0.1, 0.15) is 18.4 Å². The fourth-order valence-electron chi connectivity index (χ4n) is 2.04. The fraction of sp³-hybridized carbons (Fsp3) is 0.571. The molecule has 0 bridgehead atoms. The Hall–Kier alpha value is -0.643. The molecule has 1 aromatic carbocycles. The Morgan fingerprint density at radius 3 is 2.29 bits per heavy atom. The van der Waals surface area contributed by atoms with Crippen LogP contribution in [0.15, 0.2) is 30.3 Å². The van der Waals surface area contributed by atoms with Crippen molar-refractivity contribution in [2.45, 2.75) is 51.3 Å². The summed E-state index contributed by atoms with van der Waals surface area (Å²) >= 11 is 0. The molecular weight excluding hydrogens is 228 g/mol. The molecule has 1 aliphatic carbocycles. The van der Waals surface area contributed by atoms with Crippen molar-refractivity contribution in [3.8, 4) is 0 Å². The molecule has 0 amide bonds. The van der Waals surface area contributed by atoms with Crippen molar-refractivity contribution in [2.75, 3.05) is 0 Å². The molecule has 2 rings (SSSR count). The maximum Gasteiger partial charge on any atom is 0.184 e. The molecule has 0 spiro atoms. The molecule has 0 atom stereocenters. The van der Waals surface area contributed by atoms with Gasteiger partial charge >= 0.3 is 0 Å². The lowest BCUT2D eigenvalue weighted by Crippen LogP contribution is -2.43. The highest BCUT2D eigenvalue weighted by Crippen LogP contribution is 2.29. The van der Waals surface area contributed by atoms with E-state index in [0.717, 1.165) is 19.4 Å². The molecule has 1 aromatic rings. The average molecular weight is 250 g/mol. The largest absolute Gasteiger partial charge is 0.415 e. The molecule has 94 valence electrons. The minimum Gasteiger partial charge on any atom is -0.415 e. The predicted molar refractivity (Wildman–Crippen MR) is 72.5 cm³/mol. The second-order valence-corrected chi connectivity index (χ2v) is 10.2. The van der Waals surface area contributed by atoms with Gasteiger partial charge in [-0.15, -0.1) is 0 Å². The van der Waals surface area contributed by atoms with Crippen molar-refractivity contribution < 1.29 is 9.16 Å². The lowest BCUT2D eigenvalue weighted by atomic mass is 9.92. The summed E-state index contributed by atoms with van der Waals surface area (Å²) in [5.74, 6) is 0. The molecule has 0 radical (unpaired) electrons. The van der Waals surface area contributed by atoms with Gasteiger partial charge in [-0.1, -0.05) is 30.3 Å². The van der Waals surface area contributed by atoms with E-state index in [4.69, 9.17) is 9.16 Å². The van der Waals surface area contributed by atoms with E-state index < -0.39 is 8.32 Å². The van der Waals surface area contributed by atoms with E-state index in [1.54, 1.807) is 0 Å². The van der Waals surface area contributed by atoms with Crippen LogP contribution < -0.4 is 0 Å². The van der Waals surface area contributed by atoms with Crippen molar-refractivity contribution in [2.24, 2.45) is 0 Å². The Morgan fingerprint density at radius 1 is 1.06 bits per heavy atom. The smallest absolute Gasteiger partial charge is 0.184 e. The molecule has 1 saturated carbocycles. The van der Waals surface area contributed by atoms with Crippen molar-refractivity contribution in [1.29, 1.82) is 0 Å². The summed E-state index contributed by atoms with van der Waals surface area (Å²) in [6.45, 7) is 7.45. The summed E-state index contributed by atoms with van der Waals surface area (Å²) in [5, 5.41) is 0. The maximum absolute atomic E-state index is 6.01. The zero-order chi connectivity index (χ0) is 12.3. The monoisotopic (exact) mass is 250 g/mol. The van der Waals surface area contributed by atoms with Gasteiger partial charge in [0.25, 0.3) is 0 Å². The van der Waals surface area contributed by atoms with Gasteiger partial charge in [-0.05, 0) is 38.0 Å². The number of rotatable bonds is 5. The van der Waals surface area contributed by atoms with E-state index in [2.05, 4.69) is 43.9 Å². The van der Waals surface area contributed by atoms with Gasteiger partial charge < -0.3 is 9.16 Å². The second-order valence-electron chi connectivity index (χ2n) is 5.74. The summed E-state index contributed by atoms with van der Waals surface area (Å²) in [6, 6.07) is 10.3. The number of hydrogen-bond donors (Lipinski definition) is 0. The number of ether oxygens (including phenoxy) is 1. The first kappa shape index (κ1) is 12.8. The lowest BCUT2D eigenvalue weighted by molar-refractivity contribution is -0.0710. The van der Waals surface area contributed by atoms with Crippen LogP contribution in [0.5, 0.6) is 0 Å². The highest BCUT2D eigenvalue weighted by molar-refractivity contribution is 6.69. The Bertz CT molecular complexity index is 339. The number of benzene rings is 1. The van der Waals surface area contributed by atoms with Gasteiger partial charge in [-0.2, -0.15) is 0 Å². The third-order valence-electron chi connectivity index (χ3n) is 2.90. The maximum atomic E-state index is 6.01. The summed E-state index contributed by atoms with van der Waals surface area (Å²) in [6.07, 6.45) is 2.98. The van der Waals surface area contributed by atoms with E-state index >= 15 is 0 Å². The first-order chi connectivity index (χ1) is 8.03. The van der Waals surface area contributed by atoms with Crippen molar-refractivity contribution >= 4 is 8.32 Å². The second kappa shape index (κ2) is 5.34. The first-order valence-corrected chi connectivity index (χ1v) is 9.77. The molecule has 2 nitrogen and oxygen atoms in total. The van der Waals surface area contributed by atoms with Gasteiger partial charge in [0.1, 0.15) is 0 Å². The van der Waals surface area contributed by atoms with Gasteiger partial charge in [-0.3, -0.25) is 0 Å². The van der Waals surface area contributed by atoms with Crippen LogP contribution in [0.3, 0.4) is 0 Å². The quantitative estimate of drug-likeness (QED) is 0.744. The fourth-order valence-corrected chi connectivity index (χ4v) is 3.23. The Kier molecular flexibility index (Phi) is 4.02. The van der Waals surface area contributed by atoms with Gasteiger partial charge in [0.2, 0.25) is 0 Å².